The van der Waals surface area contributed by atoms with Gasteiger partial charge in [0.05, 0.1) is 13.1 Å². The first-order chi connectivity index (χ1) is 10.5. The summed E-state index contributed by atoms with van der Waals surface area (Å²) >= 11 is 0. The number of carbonyl (C=O) groups is 2. The average Bonchev–Trinajstić information content (AvgIpc) is 2.50. The van der Waals surface area contributed by atoms with Gasteiger partial charge in [-0.2, -0.15) is 0 Å². The molecule has 0 atom stereocenters. The Morgan fingerprint density at radius 1 is 1.27 bits per heavy atom. The van der Waals surface area contributed by atoms with Gasteiger partial charge in [0.2, 0.25) is 0 Å². The summed E-state index contributed by atoms with van der Waals surface area (Å²) in [6.07, 6.45) is 1.06. The Balaban J connectivity index is 2.33. The van der Waals surface area contributed by atoms with Crippen molar-refractivity contribution in [3.8, 4) is 0 Å². The summed E-state index contributed by atoms with van der Waals surface area (Å²) in [6, 6.07) is 6.66. The minimum absolute atomic E-state index is 0.0266. The van der Waals surface area contributed by atoms with Crippen LogP contribution >= 0.6 is 0 Å². The number of esters is 1. The van der Waals surface area contributed by atoms with E-state index in [9.17, 15) is 9.59 Å². The molecule has 1 aromatic carbocycles. The Morgan fingerprint density at radius 2 is 1.95 bits per heavy atom. The number of hydrogen-bond acceptors (Lipinski definition) is 4. The van der Waals surface area contributed by atoms with Gasteiger partial charge < -0.3 is 26.8 Å². The van der Waals surface area contributed by atoms with Crippen LogP contribution in [0.5, 0.6) is 0 Å². The fourth-order valence-corrected chi connectivity index (χ4v) is 1.43. The first-order valence-corrected chi connectivity index (χ1v) is 6.49. The third kappa shape index (κ3) is 6.94. The molecule has 22 heavy (non-hydrogen) atoms. The molecule has 0 aliphatic heterocycles. The zero-order chi connectivity index (χ0) is 16.4. The lowest BCUT2D eigenvalue weighted by molar-refractivity contribution is -0.137. The standard InChI is InChI=1S/C14H19N5O3/c1-2-12(20)22-8-7-17-14(21)19-11-5-3-10(4-6-11)9-18-13(15)16/h2-6H,1,7-9H2,(H4,15,16,18)(H2,17,19,21). The average molecular weight is 305 g/mol. The van der Waals surface area contributed by atoms with E-state index in [0.29, 0.717) is 12.2 Å². The molecule has 8 nitrogen and oxygen atoms in total. The number of nitrogens with zero attached hydrogens (tertiary/aromatic N) is 1. The molecular formula is C14H19N5O3. The fourth-order valence-electron chi connectivity index (χ4n) is 1.43. The Morgan fingerprint density at radius 3 is 2.55 bits per heavy atom. The second kappa shape index (κ2) is 9.01. The van der Waals surface area contributed by atoms with Crippen LogP contribution in [0.3, 0.4) is 0 Å². The van der Waals surface area contributed by atoms with Crippen molar-refractivity contribution in [1.82, 2.24) is 5.32 Å². The third-order valence-corrected chi connectivity index (χ3v) is 2.45. The minimum atomic E-state index is -0.529. The van der Waals surface area contributed by atoms with Crippen LogP contribution in [-0.4, -0.2) is 31.1 Å². The highest BCUT2D eigenvalue weighted by molar-refractivity contribution is 5.89. The number of guanidine groups is 1. The molecule has 0 fully saturated rings. The van der Waals surface area contributed by atoms with Crippen LogP contribution in [0.1, 0.15) is 5.56 Å². The number of rotatable bonds is 7. The maximum Gasteiger partial charge on any atom is 0.330 e. The molecule has 0 unspecified atom stereocenters. The summed E-state index contributed by atoms with van der Waals surface area (Å²) in [6.45, 7) is 3.92. The zero-order valence-electron chi connectivity index (χ0n) is 12.0. The third-order valence-electron chi connectivity index (χ3n) is 2.45. The van der Waals surface area contributed by atoms with E-state index in [4.69, 9.17) is 16.2 Å². The largest absolute Gasteiger partial charge is 0.461 e. The van der Waals surface area contributed by atoms with E-state index in [1.807, 2.05) is 0 Å². The van der Waals surface area contributed by atoms with Crippen molar-refractivity contribution in [2.45, 2.75) is 6.54 Å². The van der Waals surface area contributed by atoms with Gasteiger partial charge in [-0.3, -0.25) is 0 Å². The molecule has 8 heteroatoms. The van der Waals surface area contributed by atoms with Gasteiger partial charge in [0.25, 0.3) is 0 Å². The number of aliphatic imine (C=N–C) groups is 1. The Labute approximate surface area is 128 Å². The first kappa shape index (κ1) is 17.0. The quantitative estimate of drug-likeness (QED) is 0.189. The smallest absolute Gasteiger partial charge is 0.330 e. The Kier molecular flexibility index (Phi) is 6.97. The molecule has 0 aliphatic rings. The van der Waals surface area contributed by atoms with Crippen LogP contribution in [0.2, 0.25) is 0 Å². The molecule has 0 radical (unpaired) electrons. The SMILES string of the molecule is C=CC(=O)OCCNC(=O)Nc1ccc(CN=C(N)N)cc1. The number of carbonyl (C=O) groups excluding carboxylic acids is 2. The van der Waals surface area contributed by atoms with E-state index in [1.165, 1.54) is 0 Å². The predicted molar refractivity (Wildman–Crippen MR) is 84.1 cm³/mol. The second-order valence-electron chi connectivity index (χ2n) is 4.19. The van der Waals surface area contributed by atoms with E-state index >= 15 is 0 Å². The van der Waals surface area contributed by atoms with E-state index in [0.717, 1.165) is 11.6 Å². The van der Waals surface area contributed by atoms with Crippen molar-refractivity contribution in [2.24, 2.45) is 16.5 Å². The van der Waals surface area contributed by atoms with Gasteiger partial charge >= 0.3 is 12.0 Å². The van der Waals surface area contributed by atoms with E-state index in [-0.39, 0.29) is 19.1 Å². The topological polar surface area (TPSA) is 132 Å². The summed E-state index contributed by atoms with van der Waals surface area (Å²) in [5, 5.41) is 5.19. The summed E-state index contributed by atoms with van der Waals surface area (Å²) < 4.78 is 4.72. The molecule has 2 amide bonds. The van der Waals surface area contributed by atoms with Crippen molar-refractivity contribution in [2.75, 3.05) is 18.5 Å². The molecule has 0 saturated carbocycles. The van der Waals surface area contributed by atoms with Gasteiger partial charge in [-0.1, -0.05) is 18.7 Å². The highest BCUT2D eigenvalue weighted by Gasteiger charge is 2.02. The number of anilines is 1. The van der Waals surface area contributed by atoms with Crippen molar-refractivity contribution >= 4 is 23.6 Å². The van der Waals surface area contributed by atoms with E-state index in [1.54, 1.807) is 24.3 Å². The molecule has 6 N–H and O–H groups in total. The fraction of sp³-hybridized carbons (Fsp3) is 0.214. The van der Waals surface area contributed by atoms with Gasteiger partial charge in [0.15, 0.2) is 5.96 Å². The number of amides is 2. The van der Waals surface area contributed by atoms with Crippen LogP contribution < -0.4 is 22.1 Å². The maximum atomic E-state index is 11.6. The molecule has 1 rings (SSSR count). The normalized spacial score (nSPS) is 9.45. The lowest BCUT2D eigenvalue weighted by Crippen LogP contribution is -2.31. The molecular weight excluding hydrogens is 286 g/mol. The molecule has 118 valence electrons. The molecule has 0 spiro atoms. The Hall–Kier alpha value is -3.03. The van der Waals surface area contributed by atoms with Gasteiger partial charge in [0, 0.05) is 11.8 Å². The van der Waals surface area contributed by atoms with Crippen molar-refractivity contribution in [3.63, 3.8) is 0 Å². The summed E-state index contributed by atoms with van der Waals surface area (Å²) in [5.41, 5.74) is 12.0. The number of benzene rings is 1. The summed E-state index contributed by atoms with van der Waals surface area (Å²) in [4.78, 5) is 26.3. The number of nitrogens with one attached hydrogen (secondary N) is 2. The lowest BCUT2D eigenvalue weighted by atomic mass is 10.2. The highest BCUT2D eigenvalue weighted by Crippen LogP contribution is 2.10. The van der Waals surface area contributed by atoms with E-state index in [2.05, 4.69) is 22.2 Å². The van der Waals surface area contributed by atoms with E-state index < -0.39 is 12.0 Å². The maximum absolute atomic E-state index is 11.6. The molecule has 0 aliphatic carbocycles. The van der Waals surface area contributed by atoms with Crippen molar-refractivity contribution < 1.29 is 14.3 Å². The Bertz CT molecular complexity index is 550. The summed E-state index contributed by atoms with van der Waals surface area (Å²) in [5.74, 6) is -0.502. The summed E-state index contributed by atoms with van der Waals surface area (Å²) in [7, 11) is 0. The second-order valence-corrected chi connectivity index (χ2v) is 4.19. The van der Waals surface area contributed by atoms with Crippen LogP contribution in [-0.2, 0) is 16.1 Å². The molecule has 1 aromatic rings. The highest BCUT2D eigenvalue weighted by atomic mass is 16.5. The molecule has 0 saturated heterocycles. The van der Waals surface area contributed by atoms with Crippen molar-refractivity contribution in [1.29, 1.82) is 0 Å². The first-order valence-electron chi connectivity index (χ1n) is 6.49. The van der Waals surface area contributed by atoms with Crippen LogP contribution in [0.15, 0.2) is 41.9 Å². The van der Waals surface area contributed by atoms with Crippen LogP contribution in [0, 0.1) is 0 Å². The van der Waals surface area contributed by atoms with Gasteiger partial charge in [-0.05, 0) is 17.7 Å². The van der Waals surface area contributed by atoms with Gasteiger partial charge in [-0.25, -0.2) is 14.6 Å². The van der Waals surface area contributed by atoms with Crippen LogP contribution in [0.4, 0.5) is 10.5 Å². The van der Waals surface area contributed by atoms with Gasteiger partial charge in [0.1, 0.15) is 6.61 Å². The molecule has 0 bridgehead atoms. The number of urea groups is 1. The number of ether oxygens (including phenoxy) is 1. The van der Waals surface area contributed by atoms with Crippen molar-refractivity contribution in [3.05, 3.63) is 42.5 Å². The van der Waals surface area contributed by atoms with Crippen LogP contribution in [0.25, 0.3) is 0 Å². The predicted octanol–water partition coefficient (Wildman–Crippen LogP) is 0.311. The van der Waals surface area contributed by atoms with Gasteiger partial charge in [-0.15, -0.1) is 0 Å². The number of nitrogens with two attached hydrogens (primary N) is 2. The molecule has 0 heterocycles. The number of hydrogen-bond donors (Lipinski definition) is 4. The molecule has 0 aromatic heterocycles. The monoisotopic (exact) mass is 305 g/mol. The zero-order valence-corrected chi connectivity index (χ0v) is 12.0. The lowest BCUT2D eigenvalue weighted by Gasteiger charge is -2.08. The minimum Gasteiger partial charge on any atom is -0.461 e.